The lowest BCUT2D eigenvalue weighted by Gasteiger charge is -2.03. The third-order valence-corrected chi connectivity index (χ3v) is 3.30. The molecule has 1 aliphatic rings. The van der Waals surface area contributed by atoms with Crippen LogP contribution in [0.3, 0.4) is 0 Å². The van der Waals surface area contributed by atoms with Gasteiger partial charge in [0.1, 0.15) is 5.82 Å². The van der Waals surface area contributed by atoms with Crippen molar-refractivity contribution in [3.05, 3.63) is 65.6 Å². The first-order chi connectivity index (χ1) is 10.6. The minimum atomic E-state index is -0.258. The fourth-order valence-corrected chi connectivity index (χ4v) is 2.09. The zero-order valence-corrected chi connectivity index (χ0v) is 11.9. The van der Waals surface area contributed by atoms with E-state index in [9.17, 15) is 9.18 Å². The molecule has 1 aliphatic heterocycles. The number of nitrogens with one attached hydrogen (secondary N) is 1. The summed E-state index contributed by atoms with van der Waals surface area (Å²) in [6.07, 6.45) is 2.94. The number of ketones is 1. The van der Waals surface area contributed by atoms with Crippen molar-refractivity contribution < 1.29 is 18.7 Å². The van der Waals surface area contributed by atoms with E-state index in [0.717, 1.165) is 0 Å². The second-order valence-corrected chi connectivity index (χ2v) is 4.87. The second-order valence-electron chi connectivity index (χ2n) is 4.87. The van der Waals surface area contributed by atoms with E-state index >= 15 is 0 Å². The molecule has 0 unspecified atom stereocenters. The average molecular weight is 299 g/mol. The first kappa shape index (κ1) is 14.1. The van der Waals surface area contributed by atoms with E-state index in [1.54, 1.807) is 37.3 Å². The Morgan fingerprint density at radius 3 is 2.82 bits per heavy atom. The maximum atomic E-state index is 13.2. The lowest BCUT2D eigenvalue weighted by molar-refractivity contribution is 0.104. The van der Waals surface area contributed by atoms with Crippen molar-refractivity contribution >= 4 is 11.5 Å². The van der Waals surface area contributed by atoms with Crippen molar-refractivity contribution in [2.75, 3.05) is 12.1 Å². The van der Waals surface area contributed by atoms with Gasteiger partial charge in [-0.1, -0.05) is 0 Å². The number of benzene rings is 2. The molecule has 112 valence electrons. The van der Waals surface area contributed by atoms with Crippen LogP contribution < -0.4 is 14.8 Å². The highest BCUT2D eigenvalue weighted by atomic mass is 19.1. The molecular formula is C17H14FNO3. The number of fused-ring (bicyclic) bond motifs is 1. The summed E-state index contributed by atoms with van der Waals surface area (Å²) in [4.78, 5) is 12.1. The summed E-state index contributed by atoms with van der Waals surface area (Å²) in [5.74, 6) is 0.789. The highest BCUT2D eigenvalue weighted by molar-refractivity contribution is 6.05. The van der Waals surface area contributed by atoms with Crippen LogP contribution in [0.5, 0.6) is 11.5 Å². The highest BCUT2D eigenvalue weighted by Gasteiger charge is 2.14. The maximum Gasteiger partial charge on any atom is 0.231 e. The summed E-state index contributed by atoms with van der Waals surface area (Å²) in [5.41, 5.74) is 1.77. The first-order valence-electron chi connectivity index (χ1n) is 6.77. The van der Waals surface area contributed by atoms with Gasteiger partial charge in [-0.05, 0) is 48.9 Å². The standard InChI is InChI=1S/C17H14FNO3/c1-11-8-13(3-4-14(11)18)19-7-6-15(20)12-2-5-16-17(9-12)22-10-21-16/h2-9,19H,10H2,1H3/b7-6+. The summed E-state index contributed by atoms with van der Waals surface area (Å²) in [7, 11) is 0. The maximum absolute atomic E-state index is 13.2. The number of carbonyl (C=O) groups excluding carboxylic acids is 1. The zero-order chi connectivity index (χ0) is 15.5. The predicted molar refractivity (Wildman–Crippen MR) is 80.8 cm³/mol. The molecule has 0 saturated carbocycles. The lowest BCUT2D eigenvalue weighted by atomic mass is 10.1. The van der Waals surface area contributed by atoms with E-state index in [2.05, 4.69) is 5.32 Å². The monoisotopic (exact) mass is 299 g/mol. The minimum Gasteiger partial charge on any atom is -0.454 e. The molecule has 22 heavy (non-hydrogen) atoms. The SMILES string of the molecule is Cc1cc(N/C=C/C(=O)c2ccc3c(c2)OCO3)ccc1F. The Kier molecular flexibility index (Phi) is 3.78. The molecule has 0 amide bonds. The van der Waals surface area contributed by atoms with Gasteiger partial charge in [-0.25, -0.2) is 4.39 Å². The minimum absolute atomic E-state index is 0.162. The molecule has 0 aromatic heterocycles. The number of hydrogen-bond acceptors (Lipinski definition) is 4. The predicted octanol–water partition coefficient (Wildman–Crippen LogP) is 3.67. The Balaban J connectivity index is 1.67. The summed E-state index contributed by atoms with van der Waals surface area (Å²) >= 11 is 0. The van der Waals surface area contributed by atoms with Gasteiger partial charge in [0.05, 0.1) is 0 Å². The number of hydrogen-bond donors (Lipinski definition) is 1. The number of anilines is 1. The van der Waals surface area contributed by atoms with Gasteiger partial charge in [0.2, 0.25) is 6.79 Å². The molecule has 1 N–H and O–H groups in total. The van der Waals surface area contributed by atoms with E-state index in [-0.39, 0.29) is 18.4 Å². The van der Waals surface area contributed by atoms with Crippen LogP contribution >= 0.6 is 0 Å². The molecule has 4 nitrogen and oxygen atoms in total. The van der Waals surface area contributed by atoms with Gasteiger partial charge in [-0.2, -0.15) is 0 Å². The van der Waals surface area contributed by atoms with E-state index in [1.807, 2.05) is 0 Å². The molecule has 0 spiro atoms. The van der Waals surface area contributed by atoms with Crippen molar-refractivity contribution in [2.45, 2.75) is 6.92 Å². The summed E-state index contributed by atoms with van der Waals surface area (Å²) in [5, 5.41) is 2.94. The van der Waals surface area contributed by atoms with Crippen LogP contribution in [-0.4, -0.2) is 12.6 Å². The smallest absolute Gasteiger partial charge is 0.231 e. The van der Waals surface area contributed by atoms with Crippen molar-refractivity contribution in [1.29, 1.82) is 0 Å². The molecule has 0 saturated heterocycles. The molecule has 0 fully saturated rings. The van der Waals surface area contributed by atoms with Gasteiger partial charge in [0.15, 0.2) is 17.3 Å². The van der Waals surface area contributed by atoms with Gasteiger partial charge < -0.3 is 14.8 Å². The Morgan fingerprint density at radius 1 is 1.18 bits per heavy atom. The molecule has 0 radical (unpaired) electrons. The van der Waals surface area contributed by atoms with Crippen LogP contribution in [0.4, 0.5) is 10.1 Å². The van der Waals surface area contributed by atoms with Crippen molar-refractivity contribution in [3.8, 4) is 11.5 Å². The number of aryl methyl sites for hydroxylation is 1. The fraction of sp³-hybridized carbons (Fsp3) is 0.118. The molecule has 0 aliphatic carbocycles. The lowest BCUT2D eigenvalue weighted by Crippen LogP contribution is -1.97. The van der Waals surface area contributed by atoms with Crippen LogP contribution in [0.25, 0.3) is 0 Å². The van der Waals surface area contributed by atoms with E-state index in [0.29, 0.717) is 28.3 Å². The molecule has 2 aromatic rings. The average Bonchev–Trinajstić information content (AvgIpc) is 2.98. The van der Waals surface area contributed by atoms with E-state index < -0.39 is 0 Å². The van der Waals surface area contributed by atoms with Crippen LogP contribution in [-0.2, 0) is 0 Å². The highest BCUT2D eigenvalue weighted by Crippen LogP contribution is 2.32. The largest absolute Gasteiger partial charge is 0.454 e. The molecule has 0 bridgehead atoms. The van der Waals surface area contributed by atoms with Crippen molar-refractivity contribution in [1.82, 2.24) is 0 Å². The topological polar surface area (TPSA) is 47.6 Å². The Labute approximate surface area is 127 Å². The number of carbonyl (C=O) groups is 1. The van der Waals surface area contributed by atoms with Crippen LogP contribution in [0.15, 0.2) is 48.7 Å². The number of rotatable bonds is 4. The van der Waals surface area contributed by atoms with Gasteiger partial charge in [-0.15, -0.1) is 0 Å². The summed E-state index contributed by atoms with van der Waals surface area (Å²) < 4.78 is 23.6. The summed E-state index contributed by atoms with van der Waals surface area (Å²) in [6.45, 7) is 1.86. The van der Waals surface area contributed by atoms with Crippen molar-refractivity contribution in [2.24, 2.45) is 0 Å². The van der Waals surface area contributed by atoms with Crippen LogP contribution in [0, 0.1) is 12.7 Å². The van der Waals surface area contributed by atoms with Crippen LogP contribution in [0.1, 0.15) is 15.9 Å². The molecular weight excluding hydrogens is 285 g/mol. The Morgan fingerprint density at radius 2 is 2.00 bits per heavy atom. The number of ether oxygens (including phenoxy) is 2. The van der Waals surface area contributed by atoms with Crippen molar-refractivity contribution in [3.63, 3.8) is 0 Å². The third kappa shape index (κ3) is 2.93. The molecule has 0 atom stereocenters. The van der Waals surface area contributed by atoms with Gasteiger partial charge >= 0.3 is 0 Å². The number of halogens is 1. The summed E-state index contributed by atoms with van der Waals surface area (Å²) in [6, 6.07) is 9.70. The molecule has 5 heteroatoms. The quantitative estimate of drug-likeness (QED) is 0.691. The van der Waals surface area contributed by atoms with Gasteiger partial charge in [0, 0.05) is 23.5 Å². The Hall–Kier alpha value is -2.82. The molecule has 2 aromatic carbocycles. The van der Waals surface area contributed by atoms with E-state index in [1.165, 1.54) is 18.3 Å². The normalized spacial score (nSPS) is 12.6. The van der Waals surface area contributed by atoms with E-state index in [4.69, 9.17) is 9.47 Å². The van der Waals surface area contributed by atoms with Crippen LogP contribution in [0.2, 0.25) is 0 Å². The Bertz CT molecular complexity index is 756. The molecule has 3 rings (SSSR count). The fourth-order valence-electron chi connectivity index (χ4n) is 2.09. The third-order valence-electron chi connectivity index (χ3n) is 3.30. The molecule has 1 heterocycles. The zero-order valence-electron chi connectivity index (χ0n) is 11.9. The second kappa shape index (κ2) is 5.89. The van der Waals surface area contributed by atoms with Gasteiger partial charge in [0.25, 0.3) is 0 Å². The first-order valence-corrected chi connectivity index (χ1v) is 6.77. The number of allylic oxidation sites excluding steroid dienone is 1. The van der Waals surface area contributed by atoms with Gasteiger partial charge in [-0.3, -0.25) is 4.79 Å².